The molecule has 0 aromatic heterocycles. The van der Waals surface area contributed by atoms with E-state index in [9.17, 15) is 5.11 Å². The van der Waals surface area contributed by atoms with Gasteiger partial charge in [-0.15, -0.1) is 0 Å². The molecule has 0 amide bonds. The Kier molecular flexibility index (Phi) is 5.43. The Morgan fingerprint density at radius 1 is 0.531 bits per heavy atom. The van der Waals surface area contributed by atoms with Crippen LogP contribution in [0.5, 0.6) is 17.2 Å². The van der Waals surface area contributed by atoms with Gasteiger partial charge in [-0.25, -0.2) is 0 Å². The fraction of sp³-hybridized carbons (Fsp3) is 0.0714. The molecule has 5 rings (SSSR count). The molecule has 158 valence electrons. The molecule has 0 atom stereocenters. The predicted octanol–water partition coefficient (Wildman–Crippen LogP) is 5.47. The van der Waals surface area contributed by atoms with Gasteiger partial charge in [0.1, 0.15) is 17.2 Å². The van der Waals surface area contributed by atoms with E-state index in [2.05, 4.69) is 48.5 Å². The molecular weight excluding hydrogens is 415 g/mol. The van der Waals surface area contributed by atoms with Gasteiger partial charge in [0.2, 0.25) is 0 Å². The van der Waals surface area contributed by atoms with E-state index in [0.717, 1.165) is 49.0 Å². The molecule has 0 saturated heterocycles. The highest BCUT2D eigenvalue weighted by Crippen LogP contribution is 2.45. The molecule has 5 aromatic rings. The van der Waals surface area contributed by atoms with Gasteiger partial charge in [-0.2, -0.15) is 0 Å². The SMILES string of the molecule is COc1c(P(c2ccccc2O)c2ccc3ccccc3c2OC)ccc2ccccc12. The average molecular weight is 438 g/mol. The minimum Gasteiger partial charge on any atom is -0.507 e. The highest BCUT2D eigenvalue weighted by molar-refractivity contribution is 7.80. The predicted molar refractivity (Wildman–Crippen MR) is 135 cm³/mol. The lowest BCUT2D eigenvalue weighted by Gasteiger charge is -2.25. The van der Waals surface area contributed by atoms with Crippen LogP contribution in [0, 0.1) is 0 Å². The second kappa shape index (κ2) is 8.53. The highest BCUT2D eigenvalue weighted by Gasteiger charge is 2.27. The van der Waals surface area contributed by atoms with Crippen molar-refractivity contribution in [1.82, 2.24) is 0 Å². The smallest absolute Gasteiger partial charge is 0.135 e. The Balaban J connectivity index is 1.87. The van der Waals surface area contributed by atoms with Gasteiger partial charge >= 0.3 is 0 Å². The molecule has 0 aliphatic heterocycles. The molecule has 0 radical (unpaired) electrons. The van der Waals surface area contributed by atoms with Crippen LogP contribution in [0.2, 0.25) is 0 Å². The van der Waals surface area contributed by atoms with E-state index < -0.39 is 7.92 Å². The number of hydrogen-bond donors (Lipinski definition) is 1. The van der Waals surface area contributed by atoms with Crippen LogP contribution in [-0.2, 0) is 0 Å². The zero-order valence-corrected chi connectivity index (χ0v) is 18.8. The normalized spacial score (nSPS) is 11.2. The van der Waals surface area contributed by atoms with Crippen molar-refractivity contribution < 1.29 is 14.6 Å². The third-order valence-corrected chi connectivity index (χ3v) is 8.26. The van der Waals surface area contributed by atoms with Crippen LogP contribution in [0.1, 0.15) is 0 Å². The van der Waals surface area contributed by atoms with E-state index in [1.54, 1.807) is 20.3 Å². The fourth-order valence-electron chi connectivity index (χ4n) is 4.29. The number of benzene rings is 5. The second-order valence-corrected chi connectivity index (χ2v) is 9.62. The molecule has 0 unspecified atom stereocenters. The van der Waals surface area contributed by atoms with E-state index in [1.165, 1.54) is 0 Å². The summed E-state index contributed by atoms with van der Waals surface area (Å²) in [7, 11) is 2.25. The van der Waals surface area contributed by atoms with Crippen LogP contribution in [0.25, 0.3) is 21.5 Å². The van der Waals surface area contributed by atoms with Gasteiger partial charge in [-0.1, -0.05) is 78.9 Å². The van der Waals surface area contributed by atoms with Crippen molar-refractivity contribution in [3.63, 3.8) is 0 Å². The highest BCUT2D eigenvalue weighted by atomic mass is 31.1. The molecule has 32 heavy (non-hydrogen) atoms. The van der Waals surface area contributed by atoms with Gasteiger partial charge < -0.3 is 14.6 Å². The van der Waals surface area contributed by atoms with Crippen molar-refractivity contribution in [2.75, 3.05) is 14.2 Å². The zero-order valence-electron chi connectivity index (χ0n) is 17.9. The van der Waals surface area contributed by atoms with Gasteiger partial charge in [0.25, 0.3) is 0 Å². The number of phenols is 1. The van der Waals surface area contributed by atoms with Crippen LogP contribution in [0.4, 0.5) is 0 Å². The van der Waals surface area contributed by atoms with Crippen LogP contribution in [0.15, 0.2) is 97.1 Å². The average Bonchev–Trinajstić information content (AvgIpc) is 2.84. The lowest BCUT2D eigenvalue weighted by Crippen LogP contribution is -2.23. The second-order valence-electron chi connectivity index (χ2n) is 7.50. The quantitative estimate of drug-likeness (QED) is 0.370. The molecule has 0 spiro atoms. The standard InChI is InChI=1S/C28H23O3P/c1-30-27-21-11-5-3-9-19(21)15-17-25(27)32(24-14-8-7-13-23(24)29)26-18-16-20-10-4-6-12-22(20)28(26)31-2/h3-18,29H,1-2H3. The first-order valence-corrected chi connectivity index (χ1v) is 11.8. The molecule has 3 nitrogen and oxygen atoms in total. The van der Waals surface area contributed by atoms with Gasteiger partial charge in [0.15, 0.2) is 0 Å². The van der Waals surface area contributed by atoms with Gasteiger partial charge in [0, 0.05) is 26.7 Å². The number of fused-ring (bicyclic) bond motifs is 2. The molecule has 0 bridgehead atoms. The Labute approximate surface area is 188 Å². The molecule has 0 aliphatic carbocycles. The lowest BCUT2D eigenvalue weighted by molar-refractivity contribution is 0.422. The zero-order chi connectivity index (χ0) is 22.1. The first-order chi connectivity index (χ1) is 15.7. The largest absolute Gasteiger partial charge is 0.507 e. The summed E-state index contributed by atoms with van der Waals surface area (Å²) in [5, 5.41) is 18.2. The third kappa shape index (κ3) is 3.36. The molecule has 4 heteroatoms. The van der Waals surface area contributed by atoms with Crippen molar-refractivity contribution >= 4 is 45.4 Å². The molecule has 0 saturated carbocycles. The number of para-hydroxylation sites is 1. The summed E-state index contributed by atoms with van der Waals surface area (Å²) < 4.78 is 12.0. The van der Waals surface area contributed by atoms with E-state index in [4.69, 9.17) is 9.47 Å². The molecular formula is C28H23O3P. The summed E-state index contributed by atoms with van der Waals surface area (Å²) in [6.45, 7) is 0. The third-order valence-electron chi connectivity index (χ3n) is 5.73. The number of hydrogen-bond acceptors (Lipinski definition) is 3. The Hall–Kier alpha value is -3.55. The van der Waals surface area contributed by atoms with Crippen molar-refractivity contribution in [2.24, 2.45) is 0 Å². The first kappa shape index (κ1) is 20.4. The van der Waals surface area contributed by atoms with E-state index in [1.807, 2.05) is 42.5 Å². The molecule has 1 N–H and O–H groups in total. The fourth-order valence-corrected chi connectivity index (χ4v) is 6.88. The summed E-state index contributed by atoms with van der Waals surface area (Å²) in [5.41, 5.74) is 0. The number of rotatable bonds is 5. The maximum atomic E-state index is 10.9. The summed E-state index contributed by atoms with van der Waals surface area (Å²) in [6, 6.07) is 32.4. The maximum Gasteiger partial charge on any atom is 0.135 e. The minimum atomic E-state index is -1.17. The number of ether oxygens (including phenoxy) is 2. The monoisotopic (exact) mass is 438 g/mol. The van der Waals surface area contributed by atoms with Crippen molar-refractivity contribution in [3.8, 4) is 17.2 Å². The minimum absolute atomic E-state index is 0.268. The van der Waals surface area contributed by atoms with Crippen molar-refractivity contribution in [1.29, 1.82) is 0 Å². The van der Waals surface area contributed by atoms with E-state index >= 15 is 0 Å². The number of methoxy groups -OCH3 is 2. The molecule has 0 heterocycles. The molecule has 0 aliphatic rings. The van der Waals surface area contributed by atoms with E-state index in [0.29, 0.717) is 0 Å². The van der Waals surface area contributed by atoms with Crippen LogP contribution in [-0.4, -0.2) is 19.3 Å². The van der Waals surface area contributed by atoms with Gasteiger partial charge in [-0.05, 0) is 36.9 Å². The Bertz CT molecular complexity index is 1340. The Morgan fingerprint density at radius 2 is 1.00 bits per heavy atom. The summed E-state index contributed by atoms with van der Waals surface area (Å²) in [4.78, 5) is 0. The topological polar surface area (TPSA) is 38.7 Å². The van der Waals surface area contributed by atoms with Crippen LogP contribution < -0.4 is 25.4 Å². The van der Waals surface area contributed by atoms with Crippen LogP contribution in [0.3, 0.4) is 0 Å². The number of phenolic OH excluding ortho intramolecular Hbond substituents is 1. The number of aromatic hydroxyl groups is 1. The summed E-state index contributed by atoms with van der Waals surface area (Å²) in [5.74, 6) is 1.92. The molecule has 5 aromatic carbocycles. The van der Waals surface area contributed by atoms with E-state index in [-0.39, 0.29) is 5.75 Å². The van der Waals surface area contributed by atoms with Gasteiger partial charge in [-0.3, -0.25) is 0 Å². The van der Waals surface area contributed by atoms with Crippen molar-refractivity contribution in [3.05, 3.63) is 97.1 Å². The maximum absolute atomic E-state index is 10.9. The summed E-state index contributed by atoms with van der Waals surface area (Å²) in [6.07, 6.45) is 0. The lowest BCUT2D eigenvalue weighted by atomic mass is 10.1. The summed E-state index contributed by atoms with van der Waals surface area (Å²) >= 11 is 0. The Morgan fingerprint density at radius 3 is 1.50 bits per heavy atom. The van der Waals surface area contributed by atoms with Crippen molar-refractivity contribution in [2.45, 2.75) is 0 Å². The van der Waals surface area contributed by atoms with Crippen LogP contribution >= 0.6 is 7.92 Å². The van der Waals surface area contributed by atoms with Gasteiger partial charge in [0.05, 0.1) is 14.2 Å². The molecule has 0 fully saturated rings. The first-order valence-electron chi connectivity index (χ1n) is 10.4.